The van der Waals surface area contributed by atoms with Gasteiger partial charge in [0.15, 0.2) is 0 Å². The molecule has 0 bridgehead atoms. The van der Waals surface area contributed by atoms with Crippen LogP contribution in [-0.4, -0.2) is 45.6 Å². The van der Waals surface area contributed by atoms with Gasteiger partial charge in [-0.05, 0) is 93.8 Å². The molecule has 8 nitrogen and oxygen atoms in total. The van der Waals surface area contributed by atoms with E-state index >= 15 is 0 Å². The van der Waals surface area contributed by atoms with E-state index in [1.807, 2.05) is 55.5 Å². The standard InChI is InChI=1S/C35H43N3O5/c1-6-24-14-18-26(19-15-24)31(32(40)36-29-13-8-7-10-23(29)2)38(27-11-9-12-27)33(41)30(37-34(42)43-35(3,4)5)22-25-16-20-28(39)21-17-25/h7-8,10,13-21,27,30-31,39H,6,9,11-12,22H2,1-5H3,(H,36,40)(H,37,42). The van der Waals surface area contributed by atoms with E-state index < -0.39 is 23.8 Å². The Labute approximate surface area is 254 Å². The lowest BCUT2D eigenvalue weighted by Gasteiger charge is -2.43. The Morgan fingerprint density at radius 3 is 2.14 bits per heavy atom. The summed E-state index contributed by atoms with van der Waals surface area (Å²) in [5, 5.41) is 15.7. The monoisotopic (exact) mass is 585 g/mol. The van der Waals surface area contributed by atoms with Crippen LogP contribution >= 0.6 is 0 Å². The summed E-state index contributed by atoms with van der Waals surface area (Å²) in [7, 11) is 0. The number of amides is 3. The van der Waals surface area contributed by atoms with Gasteiger partial charge in [0.25, 0.3) is 5.91 Å². The summed E-state index contributed by atoms with van der Waals surface area (Å²) in [6.07, 6.45) is 2.74. The molecular weight excluding hydrogens is 542 g/mol. The number of aryl methyl sites for hydroxylation is 2. The number of anilines is 1. The highest BCUT2D eigenvalue weighted by atomic mass is 16.6. The summed E-state index contributed by atoms with van der Waals surface area (Å²) in [5.74, 6) is -0.584. The zero-order chi connectivity index (χ0) is 31.1. The number of nitrogens with one attached hydrogen (secondary N) is 2. The molecule has 0 saturated heterocycles. The lowest BCUT2D eigenvalue weighted by molar-refractivity contribution is -0.145. The van der Waals surface area contributed by atoms with E-state index in [-0.39, 0.29) is 30.0 Å². The number of carbonyl (C=O) groups is 3. The van der Waals surface area contributed by atoms with Crippen LogP contribution in [0.3, 0.4) is 0 Å². The molecule has 2 atom stereocenters. The Morgan fingerprint density at radius 1 is 0.953 bits per heavy atom. The predicted octanol–water partition coefficient (Wildman–Crippen LogP) is 6.46. The molecule has 1 aliphatic rings. The fourth-order valence-corrected chi connectivity index (χ4v) is 5.17. The van der Waals surface area contributed by atoms with Gasteiger partial charge in [0.2, 0.25) is 5.91 Å². The number of hydrogen-bond donors (Lipinski definition) is 3. The minimum atomic E-state index is -1.01. The highest BCUT2D eigenvalue weighted by molar-refractivity contribution is 5.99. The van der Waals surface area contributed by atoms with Crippen molar-refractivity contribution >= 4 is 23.6 Å². The number of alkyl carbamates (subject to hydrolysis) is 1. The SMILES string of the molecule is CCc1ccc(C(C(=O)Nc2ccccc2C)N(C(=O)C(Cc2ccc(O)cc2)NC(=O)OC(C)(C)C)C2CCC2)cc1. The molecule has 228 valence electrons. The van der Waals surface area contributed by atoms with Gasteiger partial charge >= 0.3 is 6.09 Å². The molecule has 0 radical (unpaired) electrons. The fourth-order valence-electron chi connectivity index (χ4n) is 5.17. The first kappa shape index (κ1) is 31.6. The maximum Gasteiger partial charge on any atom is 0.408 e. The first-order valence-electron chi connectivity index (χ1n) is 15.0. The molecule has 43 heavy (non-hydrogen) atoms. The first-order valence-corrected chi connectivity index (χ1v) is 15.0. The second kappa shape index (κ2) is 13.8. The number of hydrogen-bond acceptors (Lipinski definition) is 5. The Balaban J connectivity index is 1.75. The van der Waals surface area contributed by atoms with Gasteiger partial charge in [-0.2, -0.15) is 0 Å². The Morgan fingerprint density at radius 2 is 1.58 bits per heavy atom. The van der Waals surface area contributed by atoms with E-state index in [1.165, 1.54) is 0 Å². The van der Waals surface area contributed by atoms with Gasteiger partial charge in [-0.25, -0.2) is 4.79 Å². The molecule has 3 aromatic rings. The fraction of sp³-hybridized carbons (Fsp3) is 0.400. The van der Waals surface area contributed by atoms with Gasteiger partial charge in [-0.15, -0.1) is 0 Å². The average molecular weight is 586 g/mol. The largest absolute Gasteiger partial charge is 0.508 e. The van der Waals surface area contributed by atoms with Gasteiger partial charge in [-0.3, -0.25) is 9.59 Å². The lowest BCUT2D eigenvalue weighted by Crippen LogP contribution is -2.57. The number of phenols is 1. The smallest absolute Gasteiger partial charge is 0.408 e. The third kappa shape index (κ3) is 8.37. The van der Waals surface area contributed by atoms with Crippen molar-refractivity contribution in [2.75, 3.05) is 5.32 Å². The van der Waals surface area contributed by atoms with Crippen LogP contribution in [0, 0.1) is 6.92 Å². The zero-order valence-electron chi connectivity index (χ0n) is 25.7. The van der Waals surface area contributed by atoms with Crippen LogP contribution in [0.4, 0.5) is 10.5 Å². The minimum Gasteiger partial charge on any atom is -0.508 e. The Bertz CT molecular complexity index is 1410. The summed E-state index contributed by atoms with van der Waals surface area (Å²) in [6.45, 7) is 9.27. The molecule has 3 N–H and O–H groups in total. The summed E-state index contributed by atoms with van der Waals surface area (Å²) >= 11 is 0. The molecule has 1 saturated carbocycles. The molecule has 0 aliphatic heterocycles. The lowest BCUT2D eigenvalue weighted by atomic mass is 9.87. The van der Waals surface area contributed by atoms with Crippen molar-refractivity contribution in [3.05, 3.63) is 95.1 Å². The van der Waals surface area contributed by atoms with Crippen molar-refractivity contribution in [2.45, 2.75) is 90.4 Å². The third-order valence-corrected chi connectivity index (χ3v) is 7.72. The van der Waals surface area contributed by atoms with Crippen molar-refractivity contribution in [1.29, 1.82) is 0 Å². The molecule has 3 aromatic carbocycles. The van der Waals surface area contributed by atoms with Gasteiger partial charge in [0, 0.05) is 18.2 Å². The van der Waals surface area contributed by atoms with E-state index in [0.717, 1.165) is 42.4 Å². The topological polar surface area (TPSA) is 108 Å². The maximum atomic E-state index is 14.6. The molecule has 4 rings (SSSR count). The summed E-state index contributed by atoms with van der Waals surface area (Å²) in [6, 6.07) is 19.7. The van der Waals surface area contributed by atoms with Crippen LogP contribution in [0.1, 0.15) is 75.3 Å². The van der Waals surface area contributed by atoms with Crippen molar-refractivity contribution in [1.82, 2.24) is 10.2 Å². The Kier molecular flexibility index (Phi) is 10.1. The minimum absolute atomic E-state index is 0.103. The van der Waals surface area contributed by atoms with Crippen molar-refractivity contribution in [2.24, 2.45) is 0 Å². The van der Waals surface area contributed by atoms with Crippen molar-refractivity contribution in [3.8, 4) is 5.75 Å². The number of nitrogens with zero attached hydrogens (tertiary/aromatic N) is 1. The number of carbonyl (C=O) groups excluding carboxylic acids is 3. The molecule has 1 fully saturated rings. The number of rotatable bonds is 10. The normalized spacial score (nSPS) is 14.6. The molecule has 0 aromatic heterocycles. The second-order valence-corrected chi connectivity index (χ2v) is 12.2. The van der Waals surface area contributed by atoms with Crippen LogP contribution in [0.25, 0.3) is 0 Å². The van der Waals surface area contributed by atoms with E-state index in [1.54, 1.807) is 49.9 Å². The molecule has 1 aliphatic carbocycles. The molecule has 3 amide bonds. The highest BCUT2D eigenvalue weighted by Crippen LogP contribution is 2.35. The van der Waals surface area contributed by atoms with Crippen LogP contribution in [0.2, 0.25) is 0 Å². The quantitative estimate of drug-likeness (QED) is 0.253. The van der Waals surface area contributed by atoms with Crippen LogP contribution in [-0.2, 0) is 27.2 Å². The van der Waals surface area contributed by atoms with Crippen LogP contribution < -0.4 is 10.6 Å². The van der Waals surface area contributed by atoms with Gasteiger partial charge < -0.3 is 25.4 Å². The number of para-hydroxylation sites is 1. The van der Waals surface area contributed by atoms with Gasteiger partial charge in [0.1, 0.15) is 23.4 Å². The van der Waals surface area contributed by atoms with Crippen molar-refractivity contribution in [3.63, 3.8) is 0 Å². The molecular formula is C35H43N3O5. The first-order chi connectivity index (χ1) is 20.4. The summed E-state index contributed by atoms with van der Waals surface area (Å²) < 4.78 is 5.53. The number of benzene rings is 3. The van der Waals surface area contributed by atoms with Crippen LogP contribution in [0.5, 0.6) is 5.75 Å². The van der Waals surface area contributed by atoms with E-state index in [0.29, 0.717) is 11.3 Å². The number of phenolic OH excluding ortho intramolecular Hbond substituents is 1. The Hall–Kier alpha value is -4.33. The second-order valence-electron chi connectivity index (χ2n) is 12.2. The zero-order valence-corrected chi connectivity index (χ0v) is 25.7. The summed E-state index contributed by atoms with van der Waals surface area (Å²) in [5.41, 5.74) is 3.39. The molecule has 2 unspecified atom stereocenters. The van der Waals surface area contributed by atoms with E-state index in [9.17, 15) is 19.5 Å². The third-order valence-electron chi connectivity index (χ3n) is 7.72. The van der Waals surface area contributed by atoms with Gasteiger partial charge in [-0.1, -0.05) is 61.5 Å². The predicted molar refractivity (Wildman–Crippen MR) is 168 cm³/mol. The molecule has 0 spiro atoms. The van der Waals surface area contributed by atoms with E-state index in [4.69, 9.17) is 4.74 Å². The van der Waals surface area contributed by atoms with Gasteiger partial charge in [0.05, 0.1) is 0 Å². The van der Waals surface area contributed by atoms with Crippen LogP contribution in [0.15, 0.2) is 72.8 Å². The highest BCUT2D eigenvalue weighted by Gasteiger charge is 2.42. The summed E-state index contributed by atoms with van der Waals surface area (Å²) in [4.78, 5) is 43.5. The maximum absolute atomic E-state index is 14.6. The molecule has 0 heterocycles. The number of ether oxygens (including phenoxy) is 1. The number of aromatic hydroxyl groups is 1. The van der Waals surface area contributed by atoms with E-state index in [2.05, 4.69) is 17.6 Å². The van der Waals surface area contributed by atoms with Crippen molar-refractivity contribution < 1.29 is 24.2 Å². The molecule has 8 heteroatoms. The average Bonchev–Trinajstić information content (AvgIpc) is 2.92.